The number of primary sulfonamides is 1. The van der Waals surface area contributed by atoms with Crippen molar-refractivity contribution in [3.63, 3.8) is 0 Å². The van der Waals surface area contributed by atoms with Gasteiger partial charge in [-0.25, -0.2) is 18.5 Å². The summed E-state index contributed by atoms with van der Waals surface area (Å²) in [6, 6.07) is 6.86. The predicted molar refractivity (Wildman–Crippen MR) is 80.1 cm³/mol. The van der Waals surface area contributed by atoms with E-state index in [-0.39, 0.29) is 10.9 Å². The summed E-state index contributed by atoms with van der Waals surface area (Å²) in [6.45, 7) is 2.87. The fourth-order valence-electron chi connectivity index (χ4n) is 1.82. The average molecular weight is 311 g/mol. The molecule has 0 aliphatic heterocycles. The average Bonchev–Trinajstić information content (AvgIpc) is 2.92. The molecule has 2 aromatic rings. The quantitative estimate of drug-likeness (QED) is 0.850. The molecule has 2 rings (SSSR count). The van der Waals surface area contributed by atoms with Crippen molar-refractivity contribution in [2.45, 2.75) is 24.3 Å². The van der Waals surface area contributed by atoms with Crippen molar-refractivity contribution in [2.24, 2.45) is 5.14 Å². The first-order valence-corrected chi connectivity index (χ1v) is 8.69. The van der Waals surface area contributed by atoms with Crippen molar-refractivity contribution < 1.29 is 8.42 Å². The molecule has 0 radical (unpaired) electrons. The lowest BCUT2D eigenvalue weighted by Crippen LogP contribution is -2.21. The first-order chi connectivity index (χ1) is 9.47. The predicted octanol–water partition coefficient (Wildman–Crippen LogP) is 1.68. The van der Waals surface area contributed by atoms with Crippen LogP contribution in [0, 0.1) is 0 Å². The molecule has 0 aliphatic carbocycles. The third-order valence-electron chi connectivity index (χ3n) is 3.01. The minimum atomic E-state index is -3.61. The molecule has 0 saturated carbocycles. The van der Waals surface area contributed by atoms with Crippen molar-refractivity contribution in [2.75, 3.05) is 6.54 Å². The highest BCUT2D eigenvalue weighted by Crippen LogP contribution is 2.12. The summed E-state index contributed by atoms with van der Waals surface area (Å²) in [7, 11) is -3.61. The Hall–Kier alpha value is -1.28. The fourth-order valence-corrected chi connectivity index (χ4v) is 2.98. The van der Waals surface area contributed by atoms with Crippen LogP contribution >= 0.6 is 11.3 Å². The Morgan fingerprint density at radius 3 is 2.60 bits per heavy atom. The van der Waals surface area contributed by atoms with Gasteiger partial charge in [-0.2, -0.15) is 0 Å². The minimum Gasteiger partial charge on any atom is -0.308 e. The van der Waals surface area contributed by atoms with E-state index in [1.807, 2.05) is 10.9 Å². The number of rotatable bonds is 6. The normalized spacial score (nSPS) is 13.3. The molecule has 5 nitrogen and oxygen atoms in total. The summed E-state index contributed by atoms with van der Waals surface area (Å²) >= 11 is 1.58. The second-order valence-electron chi connectivity index (χ2n) is 4.53. The van der Waals surface area contributed by atoms with Crippen LogP contribution in [0.4, 0.5) is 0 Å². The summed E-state index contributed by atoms with van der Waals surface area (Å²) in [4.78, 5) is 4.40. The van der Waals surface area contributed by atoms with Crippen LogP contribution < -0.4 is 10.5 Å². The summed E-state index contributed by atoms with van der Waals surface area (Å²) in [6.07, 6.45) is 0.819. The molecular weight excluding hydrogens is 294 g/mol. The van der Waals surface area contributed by atoms with E-state index < -0.39 is 10.0 Å². The highest BCUT2D eigenvalue weighted by molar-refractivity contribution is 7.89. The van der Waals surface area contributed by atoms with Gasteiger partial charge in [0.15, 0.2) is 0 Å². The second kappa shape index (κ2) is 6.45. The molecule has 0 spiro atoms. The molecule has 20 heavy (non-hydrogen) atoms. The van der Waals surface area contributed by atoms with Crippen LogP contribution in [0.5, 0.6) is 0 Å². The molecule has 7 heteroatoms. The Kier molecular flexibility index (Phi) is 4.87. The SMILES string of the molecule is CC(NCCc1ccc(S(N)(=O)=O)cc1)c1cscn1. The number of thiazole rings is 1. The molecule has 3 N–H and O–H groups in total. The van der Waals surface area contributed by atoms with Gasteiger partial charge < -0.3 is 5.32 Å². The number of sulfonamides is 1. The third-order valence-corrected chi connectivity index (χ3v) is 4.55. The molecular formula is C13H17N3O2S2. The molecule has 1 heterocycles. The highest BCUT2D eigenvalue weighted by atomic mass is 32.2. The van der Waals surface area contributed by atoms with E-state index in [4.69, 9.17) is 5.14 Å². The number of hydrogen-bond donors (Lipinski definition) is 2. The van der Waals surface area contributed by atoms with Crippen molar-refractivity contribution >= 4 is 21.4 Å². The van der Waals surface area contributed by atoms with Crippen LogP contribution in [-0.2, 0) is 16.4 Å². The van der Waals surface area contributed by atoms with Gasteiger partial charge in [-0.1, -0.05) is 12.1 Å². The van der Waals surface area contributed by atoms with Crippen molar-refractivity contribution in [3.8, 4) is 0 Å². The fraction of sp³-hybridized carbons (Fsp3) is 0.308. The Labute approximate surface area is 122 Å². The summed E-state index contributed by atoms with van der Waals surface area (Å²) < 4.78 is 22.3. The maximum absolute atomic E-state index is 11.1. The monoisotopic (exact) mass is 311 g/mol. The number of aromatic nitrogens is 1. The topological polar surface area (TPSA) is 85.1 Å². The summed E-state index contributed by atoms with van der Waals surface area (Å²) in [5, 5.41) is 10.5. The number of hydrogen-bond acceptors (Lipinski definition) is 5. The van der Waals surface area contributed by atoms with E-state index in [2.05, 4.69) is 17.2 Å². The van der Waals surface area contributed by atoms with Gasteiger partial charge in [-0.05, 0) is 37.6 Å². The lowest BCUT2D eigenvalue weighted by atomic mass is 10.1. The number of benzene rings is 1. The van der Waals surface area contributed by atoms with Gasteiger partial charge in [0.25, 0.3) is 0 Å². The van der Waals surface area contributed by atoms with E-state index in [1.165, 1.54) is 12.1 Å². The Morgan fingerprint density at radius 1 is 1.35 bits per heavy atom. The van der Waals surface area contributed by atoms with Crippen LogP contribution in [0.25, 0.3) is 0 Å². The first kappa shape index (κ1) is 15.1. The van der Waals surface area contributed by atoms with E-state index in [1.54, 1.807) is 23.5 Å². The van der Waals surface area contributed by atoms with E-state index >= 15 is 0 Å². The van der Waals surface area contributed by atoms with Crippen LogP contribution in [-0.4, -0.2) is 19.9 Å². The lowest BCUT2D eigenvalue weighted by molar-refractivity contribution is 0.566. The van der Waals surface area contributed by atoms with Gasteiger partial charge in [0, 0.05) is 11.4 Å². The first-order valence-electron chi connectivity index (χ1n) is 6.20. The molecule has 0 saturated heterocycles. The van der Waals surface area contributed by atoms with Crippen LogP contribution in [0.3, 0.4) is 0 Å². The lowest BCUT2D eigenvalue weighted by Gasteiger charge is -2.11. The molecule has 0 amide bonds. The van der Waals surface area contributed by atoms with Gasteiger partial charge in [-0.15, -0.1) is 11.3 Å². The van der Waals surface area contributed by atoms with Crippen LogP contribution in [0.1, 0.15) is 24.2 Å². The maximum Gasteiger partial charge on any atom is 0.238 e. The van der Waals surface area contributed by atoms with Crippen molar-refractivity contribution in [3.05, 3.63) is 46.4 Å². The van der Waals surface area contributed by atoms with Crippen molar-refractivity contribution in [1.82, 2.24) is 10.3 Å². The van der Waals surface area contributed by atoms with Gasteiger partial charge in [0.1, 0.15) is 0 Å². The second-order valence-corrected chi connectivity index (χ2v) is 6.81. The molecule has 1 aromatic heterocycles. The Balaban J connectivity index is 1.86. The Bertz CT molecular complexity index is 637. The highest BCUT2D eigenvalue weighted by Gasteiger charge is 2.08. The van der Waals surface area contributed by atoms with E-state index in [0.717, 1.165) is 24.2 Å². The molecule has 0 aliphatic rings. The summed E-state index contributed by atoms with van der Waals surface area (Å²) in [5.41, 5.74) is 3.93. The zero-order valence-corrected chi connectivity index (χ0v) is 12.7. The zero-order valence-electron chi connectivity index (χ0n) is 11.1. The minimum absolute atomic E-state index is 0.144. The zero-order chi connectivity index (χ0) is 14.6. The largest absolute Gasteiger partial charge is 0.308 e. The van der Waals surface area contributed by atoms with Gasteiger partial charge in [0.2, 0.25) is 10.0 Å². The Morgan fingerprint density at radius 2 is 2.05 bits per heavy atom. The van der Waals surface area contributed by atoms with Gasteiger partial charge >= 0.3 is 0 Å². The van der Waals surface area contributed by atoms with Crippen LogP contribution in [0.2, 0.25) is 0 Å². The molecule has 0 fully saturated rings. The van der Waals surface area contributed by atoms with E-state index in [9.17, 15) is 8.42 Å². The van der Waals surface area contributed by atoms with Crippen LogP contribution in [0.15, 0.2) is 40.1 Å². The number of nitrogens with one attached hydrogen (secondary N) is 1. The molecule has 1 aromatic carbocycles. The number of nitrogens with two attached hydrogens (primary N) is 1. The third kappa shape index (κ3) is 4.11. The number of nitrogens with zero attached hydrogens (tertiary/aromatic N) is 1. The van der Waals surface area contributed by atoms with Crippen molar-refractivity contribution in [1.29, 1.82) is 0 Å². The molecule has 0 bridgehead atoms. The smallest absolute Gasteiger partial charge is 0.238 e. The molecule has 1 atom stereocenters. The van der Waals surface area contributed by atoms with E-state index in [0.29, 0.717) is 0 Å². The summed E-state index contributed by atoms with van der Waals surface area (Å²) in [5.74, 6) is 0. The maximum atomic E-state index is 11.1. The molecule has 1 unspecified atom stereocenters. The molecule has 108 valence electrons. The van der Waals surface area contributed by atoms with Gasteiger partial charge in [0.05, 0.1) is 16.1 Å². The van der Waals surface area contributed by atoms with Gasteiger partial charge in [-0.3, -0.25) is 0 Å². The standard InChI is InChI=1S/C13H17N3O2S2/c1-10(13-8-19-9-16-13)15-7-6-11-2-4-12(5-3-11)20(14,17)18/h2-5,8-10,15H,6-7H2,1H3,(H2,14,17,18).